The Hall–Kier alpha value is -3.46. The molecule has 0 spiro atoms. The van der Waals surface area contributed by atoms with Crippen LogP contribution < -0.4 is 11.2 Å². The van der Waals surface area contributed by atoms with Crippen molar-refractivity contribution in [1.29, 1.82) is 0 Å². The summed E-state index contributed by atoms with van der Waals surface area (Å²) in [6, 6.07) is 9.48. The number of benzene rings is 1. The first-order chi connectivity index (χ1) is 13.8. The maximum Gasteiger partial charge on any atom is 0.291 e. The van der Waals surface area contributed by atoms with Gasteiger partial charge in [-0.05, 0) is 39.8 Å². The van der Waals surface area contributed by atoms with E-state index in [9.17, 15) is 4.79 Å². The zero-order valence-electron chi connectivity index (χ0n) is 16.8. The van der Waals surface area contributed by atoms with Crippen LogP contribution >= 0.6 is 0 Å². The Bertz CT molecular complexity index is 1220. The molecule has 0 atom stereocenters. The molecule has 3 heterocycles. The van der Waals surface area contributed by atoms with Gasteiger partial charge >= 0.3 is 0 Å². The Balaban J connectivity index is 2.07. The van der Waals surface area contributed by atoms with Gasteiger partial charge in [0, 0.05) is 5.39 Å². The van der Waals surface area contributed by atoms with Gasteiger partial charge in [-0.1, -0.05) is 18.2 Å². The van der Waals surface area contributed by atoms with Crippen LogP contribution in [0.5, 0.6) is 0 Å². The van der Waals surface area contributed by atoms with Crippen LogP contribution in [0.15, 0.2) is 36.7 Å². The maximum absolute atomic E-state index is 12.8. The lowest BCUT2D eigenvalue weighted by Crippen LogP contribution is -2.26. The smallest absolute Gasteiger partial charge is 0.291 e. The number of nitrogens with zero attached hydrogens (tertiary/aromatic N) is 5. The fourth-order valence-corrected chi connectivity index (χ4v) is 3.32. The lowest BCUT2D eigenvalue weighted by Gasteiger charge is -2.19. The van der Waals surface area contributed by atoms with Gasteiger partial charge in [0.2, 0.25) is 0 Å². The quantitative estimate of drug-likeness (QED) is 0.516. The number of hydrogen-bond donors (Lipinski definition) is 2. The molecule has 0 aliphatic heterocycles. The van der Waals surface area contributed by atoms with Crippen LogP contribution in [0.4, 0.5) is 5.82 Å². The Morgan fingerprint density at radius 1 is 1.24 bits per heavy atom. The number of carbonyl (C=O) groups excluding carboxylic acids is 1. The molecule has 0 saturated carbocycles. The van der Waals surface area contributed by atoms with Crippen LogP contribution in [-0.4, -0.2) is 36.8 Å². The van der Waals surface area contributed by atoms with Gasteiger partial charge in [0.1, 0.15) is 23.2 Å². The van der Waals surface area contributed by atoms with Crippen molar-refractivity contribution in [2.75, 3.05) is 12.3 Å². The normalized spacial score (nSPS) is 12.0. The van der Waals surface area contributed by atoms with Crippen molar-refractivity contribution in [3.8, 4) is 5.82 Å². The van der Waals surface area contributed by atoms with Crippen LogP contribution in [0.2, 0.25) is 0 Å². The van der Waals surface area contributed by atoms with E-state index in [1.807, 2.05) is 45.0 Å². The van der Waals surface area contributed by atoms with Gasteiger partial charge in [0.15, 0.2) is 11.5 Å². The molecule has 1 aromatic carbocycles. The number of para-hydroxylation sites is 1. The molecule has 0 fully saturated rings. The van der Waals surface area contributed by atoms with E-state index < -0.39 is 0 Å². The molecule has 29 heavy (non-hydrogen) atoms. The molecule has 4 aromatic rings. The molecule has 9 nitrogen and oxygen atoms in total. The maximum atomic E-state index is 12.8. The lowest BCUT2D eigenvalue weighted by atomic mass is 10.1. The van der Waals surface area contributed by atoms with Gasteiger partial charge in [-0.15, -0.1) is 0 Å². The molecule has 3 aromatic heterocycles. The number of hydrogen-bond acceptors (Lipinski definition) is 6. The second kappa shape index (κ2) is 6.85. The molecule has 0 aliphatic carbocycles. The molecule has 0 aliphatic rings. The predicted octanol–water partition coefficient (Wildman–Crippen LogP) is 2.79. The molecule has 3 N–H and O–H groups in total. The number of nitrogens with one attached hydrogen (secondary N) is 1. The third kappa shape index (κ3) is 3.09. The summed E-state index contributed by atoms with van der Waals surface area (Å²) in [6.07, 6.45) is 1.42. The average Bonchev–Trinajstić information content (AvgIpc) is 3.25. The van der Waals surface area contributed by atoms with Crippen molar-refractivity contribution in [2.45, 2.75) is 33.2 Å². The Morgan fingerprint density at radius 3 is 2.72 bits per heavy atom. The van der Waals surface area contributed by atoms with Gasteiger partial charge in [0.25, 0.3) is 5.91 Å². The topological polar surface area (TPSA) is 113 Å². The molecule has 0 bridgehead atoms. The fraction of sp³-hybridized carbons (Fsp3) is 0.300. The van der Waals surface area contributed by atoms with Gasteiger partial charge in [-0.3, -0.25) is 14.2 Å². The number of nitrogens with two attached hydrogens (primary N) is 1. The van der Waals surface area contributed by atoms with E-state index in [4.69, 9.17) is 15.7 Å². The van der Waals surface area contributed by atoms with Crippen LogP contribution in [0.3, 0.4) is 0 Å². The van der Waals surface area contributed by atoms with Gasteiger partial charge in [-0.25, -0.2) is 20.1 Å². The van der Waals surface area contributed by atoms with Gasteiger partial charge in [0.05, 0.1) is 17.7 Å². The molecule has 0 unspecified atom stereocenters. The van der Waals surface area contributed by atoms with Crippen molar-refractivity contribution in [2.24, 2.45) is 0 Å². The summed E-state index contributed by atoms with van der Waals surface area (Å²) < 4.78 is 3.57. The van der Waals surface area contributed by atoms with Crippen molar-refractivity contribution < 1.29 is 9.63 Å². The highest BCUT2D eigenvalue weighted by Crippen LogP contribution is 2.32. The van der Waals surface area contributed by atoms with Crippen molar-refractivity contribution in [3.05, 3.63) is 42.4 Å². The van der Waals surface area contributed by atoms with E-state index in [1.165, 1.54) is 6.33 Å². The highest BCUT2D eigenvalue weighted by Gasteiger charge is 2.27. The van der Waals surface area contributed by atoms with Crippen molar-refractivity contribution >= 4 is 33.7 Å². The fourth-order valence-electron chi connectivity index (χ4n) is 3.32. The first-order valence-electron chi connectivity index (χ1n) is 9.35. The number of nitrogen functional groups attached to an aromatic ring is 1. The Morgan fingerprint density at radius 2 is 2.00 bits per heavy atom. The third-order valence-corrected chi connectivity index (χ3v) is 4.58. The monoisotopic (exact) mass is 393 g/mol. The summed E-state index contributed by atoms with van der Waals surface area (Å²) in [5.74, 6) is 0.419. The summed E-state index contributed by atoms with van der Waals surface area (Å²) in [7, 11) is 0. The summed E-state index contributed by atoms with van der Waals surface area (Å²) in [4.78, 5) is 26.5. The van der Waals surface area contributed by atoms with E-state index in [1.54, 1.807) is 22.2 Å². The molecule has 150 valence electrons. The van der Waals surface area contributed by atoms with Crippen molar-refractivity contribution in [3.63, 3.8) is 0 Å². The zero-order valence-corrected chi connectivity index (χ0v) is 16.8. The molecular formula is C20H23N7O2. The first-order valence-corrected chi connectivity index (χ1v) is 9.35. The summed E-state index contributed by atoms with van der Waals surface area (Å²) >= 11 is 0. The molecule has 0 saturated heterocycles. The van der Waals surface area contributed by atoms with Crippen LogP contribution in [0.25, 0.3) is 27.8 Å². The number of aromatic nitrogens is 5. The van der Waals surface area contributed by atoms with Gasteiger partial charge < -0.3 is 5.73 Å². The molecule has 1 amide bonds. The van der Waals surface area contributed by atoms with Crippen LogP contribution in [0.1, 0.15) is 38.2 Å². The van der Waals surface area contributed by atoms with E-state index in [2.05, 4.69) is 15.4 Å². The standard InChI is InChI=1S/C20H23N7O2/c1-5-29-25-19(28)14-10-12-8-6-7-9-13(12)26(14)18-15-16(21)22-11-23-17(15)27(24-18)20(2,3)4/h6-11H,5H2,1-4H3,(H,25,28)(H2,21,22,23). The van der Waals surface area contributed by atoms with Crippen molar-refractivity contribution in [1.82, 2.24) is 29.8 Å². The largest absolute Gasteiger partial charge is 0.383 e. The van der Waals surface area contributed by atoms with Crippen LogP contribution in [0, 0.1) is 0 Å². The minimum atomic E-state index is -0.378. The number of rotatable bonds is 4. The summed E-state index contributed by atoms with van der Waals surface area (Å²) in [6.45, 7) is 8.23. The first kappa shape index (κ1) is 18.9. The minimum absolute atomic E-state index is 0.300. The van der Waals surface area contributed by atoms with E-state index in [0.29, 0.717) is 35.0 Å². The number of hydroxylamine groups is 1. The molecule has 9 heteroatoms. The number of amides is 1. The number of carbonyl (C=O) groups is 1. The summed E-state index contributed by atoms with van der Waals surface area (Å²) in [5.41, 5.74) is 10.1. The molecule has 4 rings (SSSR count). The van der Waals surface area contributed by atoms with E-state index in [-0.39, 0.29) is 11.4 Å². The number of anilines is 1. The Labute approximate surface area is 167 Å². The molecular weight excluding hydrogens is 370 g/mol. The SMILES string of the molecule is CCONC(=O)c1cc2ccccc2n1-c1nn(C(C)(C)C)c2ncnc(N)c12. The van der Waals surface area contributed by atoms with E-state index in [0.717, 1.165) is 10.9 Å². The van der Waals surface area contributed by atoms with Crippen LogP contribution in [-0.2, 0) is 10.4 Å². The second-order valence-electron chi connectivity index (χ2n) is 7.65. The summed E-state index contributed by atoms with van der Waals surface area (Å²) in [5, 5.41) is 6.30. The molecule has 0 radical (unpaired) electrons. The highest BCUT2D eigenvalue weighted by molar-refractivity contribution is 6.02. The second-order valence-corrected chi connectivity index (χ2v) is 7.65. The highest BCUT2D eigenvalue weighted by atomic mass is 16.6. The third-order valence-electron chi connectivity index (χ3n) is 4.58. The predicted molar refractivity (Wildman–Crippen MR) is 111 cm³/mol. The van der Waals surface area contributed by atoms with E-state index >= 15 is 0 Å². The van der Waals surface area contributed by atoms with Gasteiger partial charge in [-0.2, -0.15) is 5.10 Å². The zero-order chi connectivity index (χ0) is 20.8. The lowest BCUT2D eigenvalue weighted by molar-refractivity contribution is 0.0358. The number of fused-ring (bicyclic) bond motifs is 2. The minimum Gasteiger partial charge on any atom is -0.383 e. The average molecular weight is 393 g/mol. The Kier molecular flexibility index (Phi) is 4.46.